The van der Waals surface area contributed by atoms with E-state index in [-0.39, 0.29) is 0 Å². The second-order valence-corrected chi connectivity index (χ2v) is 6.74. The highest BCUT2D eigenvalue weighted by molar-refractivity contribution is 4.61. The molecular formula is C16H34. The molecule has 0 aromatic carbocycles. The summed E-state index contributed by atoms with van der Waals surface area (Å²) < 4.78 is 0. The van der Waals surface area contributed by atoms with Crippen LogP contribution in [0.4, 0.5) is 0 Å². The van der Waals surface area contributed by atoms with Crippen LogP contribution in [-0.4, -0.2) is 0 Å². The van der Waals surface area contributed by atoms with Gasteiger partial charge in [-0.15, -0.1) is 0 Å². The van der Waals surface area contributed by atoms with Gasteiger partial charge in [0.05, 0.1) is 0 Å². The van der Waals surface area contributed by atoms with Gasteiger partial charge < -0.3 is 0 Å². The van der Waals surface area contributed by atoms with Gasteiger partial charge in [-0.05, 0) is 30.1 Å². The molecule has 0 aliphatic heterocycles. The average Bonchev–Trinajstić information content (AvgIpc) is 2.13. The molecule has 0 aliphatic carbocycles. The summed E-state index contributed by atoms with van der Waals surface area (Å²) in [5, 5.41) is 0. The molecule has 16 heavy (non-hydrogen) atoms. The molecule has 0 aliphatic rings. The summed E-state index contributed by atoms with van der Waals surface area (Å²) in [5.74, 6) is 3.61. The molecular weight excluding hydrogens is 192 g/mol. The Balaban J connectivity index is 3.45. The van der Waals surface area contributed by atoms with E-state index in [2.05, 4.69) is 41.5 Å². The number of rotatable bonds is 9. The summed E-state index contributed by atoms with van der Waals surface area (Å²) in [5.41, 5.74) is 0. The fourth-order valence-corrected chi connectivity index (χ4v) is 2.51. The largest absolute Gasteiger partial charge is 0.0628 e. The Morgan fingerprint density at radius 3 is 1.62 bits per heavy atom. The minimum absolute atomic E-state index is 0.867. The molecule has 0 N–H and O–H groups in total. The van der Waals surface area contributed by atoms with Crippen LogP contribution in [0, 0.1) is 23.7 Å². The first-order chi connectivity index (χ1) is 7.41. The van der Waals surface area contributed by atoms with Crippen LogP contribution in [0.1, 0.15) is 80.1 Å². The van der Waals surface area contributed by atoms with E-state index in [0.717, 1.165) is 23.7 Å². The first kappa shape index (κ1) is 16.0. The van der Waals surface area contributed by atoms with E-state index in [1.807, 2.05) is 0 Å². The van der Waals surface area contributed by atoms with E-state index < -0.39 is 0 Å². The summed E-state index contributed by atoms with van der Waals surface area (Å²) in [6.07, 6.45) is 8.54. The van der Waals surface area contributed by atoms with E-state index in [0.29, 0.717) is 0 Å². The highest BCUT2D eigenvalue weighted by Crippen LogP contribution is 2.22. The number of hydrogen-bond acceptors (Lipinski definition) is 0. The fraction of sp³-hybridized carbons (Fsp3) is 1.00. The molecule has 0 heteroatoms. The third-order valence-corrected chi connectivity index (χ3v) is 3.50. The summed E-state index contributed by atoms with van der Waals surface area (Å²) in [6.45, 7) is 14.2. The summed E-state index contributed by atoms with van der Waals surface area (Å²) >= 11 is 0. The van der Waals surface area contributed by atoms with Crippen molar-refractivity contribution in [2.45, 2.75) is 80.1 Å². The van der Waals surface area contributed by atoms with Crippen molar-refractivity contribution >= 4 is 0 Å². The Labute approximate surface area is 104 Å². The van der Waals surface area contributed by atoms with Gasteiger partial charge in [-0.2, -0.15) is 0 Å². The summed E-state index contributed by atoms with van der Waals surface area (Å²) in [4.78, 5) is 0. The zero-order valence-corrected chi connectivity index (χ0v) is 12.6. The zero-order valence-electron chi connectivity index (χ0n) is 12.6. The van der Waals surface area contributed by atoms with Gasteiger partial charge in [0.25, 0.3) is 0 Å². The molecule has 0 aromatic heterocycles. The van der Waals surface area contributed by atoms with E-state index in [1.54, 1.807) is 0 Å². The van der Waals surface area contributed by atoms with Gasteiger partial charge >= 0.3 is 0 Å². The van der Waals surface area contributed by atoms with Gasteiger partial charge in [-0.1, -0.05) is 73.6 Å². The molecule has 2 atom stereocenters. The van der Waals surface area contributed by atoms with E-state index in [9.17, 15) is 0 Å². The first-order valence-electron chi connectivity index (χ1n) is 7.41. The SMILES string of the molecule is CC(C)CCCC(C)CCC(C)CC(C)C. The lowest BCUT2D eigenvalue weighted by atomic mass is 9.89. The van der Waals surface area contributed by atoms with Crippen molar-refractivity contribution in [3.05, 3.63) is 0 Å². The second-order valence-electron chi connectivity index (χ2n) is 6.74. The van der Waals surface area contributed by atoms with Crippen LogP contribution in [0.15, 0.2) is 0 Å². The van der Waals surface area contributed by atoms with Crippen LogP contribution in [0.3, 0.4) is 0 Å². The van der Waals surface area contributed by atoms with Crippen molar-refractivity contribution < 1.29 is 0 Å². The smallest absolute Gasteiger partial charge is 0.0440 e. The quantitative estimate of drug-likeness (QED) is 0.458. The van der Waals surface area contributed by atoms with Crippen molar-refractivity contribution in [1.29, 1.82) is 0 Å². The lowest BCUT2D eigenvalue weighted by Crippen LogP contribution is -2.04. The van der Waals surface area contributed by atoms with E-state index in [1.165, 1.54) is 38.5 Å². The average molecular weight is 226 g/mol. The standard InChI is InChI=1S/C16H34/c1-13(2)8-7-9-15(5)10-11-16(6)12-14(3)4/h13-16H,7-12H2,1-6H3. The van der Waals surface area contributed by atoms with Gasteiger partial charge in [0, 0.05) is 0 Å². The Morgan fingerprint density at radius 2 is 1.12 bits per heavy atom. The molecule has 0 aromatic rings. The molecule has 0 saturated carbocycles. The topological polar surface area (TPSA) is 0 Å². The molecule has 0 fully saturated rings. The Morgan fingerprint density at radius 1 is 0.562 bits per heavy atom. The molecule has 2 unspecified atom stereocenters. The zero-order chi connectivity index (χ0) is 12.6. The summed E-state index contributed by atoms with van der Waals surface area (Å²) in [6, 6.07) is 0. The third kappa shape index (κ3) is 10.5. The van der Waals surface area contributed by atoms with Crippen LogP contribution >= 0.6 is 0 Å². The van der Waals surface area contributed by atoms with Gasteiger partial charge in [-0.25, -0.2) is 0 Å². The van der Waals surface area contributed by atoms with Gasteiger partial charge in [0.1, 0.15) is 0 Å². The molecule has 0 radical (unpaired) electrons. The molecule has 0 rings (SSSR count). The van der Waals surface area contributed by atoms with Crippen LogP contribution in [0.2, 0.25) is 0 Å². The third-order valence-electron chi connectivity index (χ3n) is 3.50. The highest BCUT2D eigenvalue weighted by atomic mass is 14.1. The molecule has 0 spiro atoms. The monoisotopic (exact) mass is 226 g/mol. The molecule has 0 heterocycles. The molecule has 0 amide bonds. The number of hydrogen-bond donors (Lipinski definition) is 0. The maximum atomic E-state index is 2.43. The van der Waals surface area contributed by atoms with Crippen LogP contribution < -0.4 is 0 Å². The molecule has 98 valence electrons. The minimum Gasteiger partial charge on any atom is -0.0628 e. The Kier molecular flexibility index (Phi) is 9.07. The van der Waals surface area contributed by atoms with Crippen LogP contribution in [-0.2, 0) is 0 Å². The molecule has 0 nitrogen and oxygen atoms in total. The molecule has 0 bridgehead atoms. The Hall–Kier alpha value is 0. The van der Waals surface area contributed by atoms with E-state index >= 15 is 0 Å². The first-order valence-corrected chi connectivity index (χ1v) is 7.41. The van der Waals surface area contributed by atoms with Crippen LogP contribution in [0.5, 0.6) is 0 Å². The lowest BCUT2D eigenvalue weighted by molar-refractivity contribution is 0.354. The Bertz CT molecular complexity index is 146. The van der Waals surface area contributed by atoms with Gasteiger partial charge in [0.2, 0.25) is 0 Å². The normalized spacial score (nSPS) is 15.8. The fourth-order valence-electron chi connectivity index (χ4n) is 2.51. The minimum atomic E-state index is 0.867. The maximum Gasteiger partial charge on any atom is -0.0440 e. The van der Waals surface area contributed by atoms with Crippen molar-refractivity contribution in [3.63, 3.8) is 0 Å². The van der Waals surface area contributed by atoms with E-state index in [4.69, 9.17) is 0 Å². The van der Waals surface area contributed by atoms with Crippen molar-refractivity contribution in [3.8, 4) is 0 Å². The van der Waals surface area contributed by atoms with Crippen LogP contribution in [0.25, 0.3) is 0 Å². The predicted molar refractivity (Wildman–Crippen MR) is 75.7 cm³/mol. The predicted octanol–water partition coefficient (Wildman–Crippen LogP) is 5.91. The lowest BCUT2D eigenvalue weighted by Gasteiger charge is -2.17. The van der Waals surface area contributed by atoms with Gasteiger partial charge in [0.15, 0.2) is 0 Å². The van der Waals surface area contributed by atoms with Gasteiger partial charge in [-0.3, -0.25) is 0 Å². The van der Waals surface area contributed by atoms with Crippen molar-refractivity contribution in [2.24, 2.45) is 23.7 Å². The summed E-state index contributed by atoms with van der Waals surface area (Å²) in [7, 11) is 0. The maximum absolute atomic E-state index is 2.43. The van der Waals surface area contributed by atoms with Crippen molar-refractivity contribution in [1.82, 2.24) is 0 Å². The second kappa shape index (κ2) is 9.07. The van der Waals surface area contributed by atoms with Crippen molar-refractivity contribution in [2.75, 3.05) is 0 Å². The highest BCUT2D eigenvalue weighted by Gasteiger charge is 2.08. The molecule has 0 saturated heterocycles.